The molecule has 1 aliphatic rings. The van der Waals surface area contributed by atoms with Crippen LogP contribution in [0.2, 0.25) is 0 Å². The Kier molecular flexibility index (Phi) is 7.92. The Morgan fingerprint density at radius 3 is 1.84 bits per heavy atom. The van der Waals surface area contributed by atoms with Crippen LogP contribution in [0.4, 0.5) is 0 Å². The van der Waals surface area contributed by atoms with Gasteiger partial charge < -0.3 is 0 Å². The molecule has 0 N–H and O–H groups in total. The van der Waals surface area contributed by atoms with Crippen molar-refractivity contribution in [2.45, 2.75) is 19.3 Å². The quantitative estimate of drug-likeness (QED) is 0.0922. The fourth-order valence-electron chi connectivity index (χ4n) is 6.13. The van der Waals surface area contributed by atoms with Gasteiger partial charge in [0.15, 0.2) is 0 Å². The average Bonchev–Trinajstić information content (AvgIpc) is 3.33. The maximum atomic E-state index is 4.95. The van der Waals surface area contributed by atoms with Gasteiger partial charge >= 0.3 is 194 Å². The molecule has 0 aromatic heterocycles. The van der Waals surface area contributed by atoms with Gasteiger partial charge in [0.05, 0.1) is 0 Å². The minimum absolute atomic E-state index is 0.0241. The van der Waals surface area contributed by atoms with Gasteiger partial charge in [-0.15, -0.1) is 0 Å². The number of hydrogen-bond donors (Lipinski definition) is 0. The second-order valence-electron chi connectivity index (χ2n) is 11.8. The van der Waals surface area contributed by atoms with Crippen LogP contribution in [0, 0.1) is 0 Å². The largest absolute Gasteiger partial charge is 0.0497 e. The predicted octanol–water partition coefficient (Wildman–Crippen LogP) is 9.79. The Morgan fingerprint density at radius 1 is 0.533 bits per heavy atom. The van der Waals surface area contributed by atoms with E-state index in [1.165, 1.54) is 52.7 Å². The summed E-state index contributed by atoms with van der Waals surface area (Å²) in [6.45, 7) is 4.66. The van der Waals surface area contributed by atoms with Gasteiger partial charge in [0.2, 0.25) is 0 Å². The zero-order valence-electron chi connectivity index (χ0n) is 25.2. The van der Waals surface area contributed by atoms with E-state index in [4.69, 9.17) is 9.98 Å². The summed E-state index contributed by atoms with van der Waals surface area (Å²) in [7, 11) is 0. The molecule has 1 aliphatic carbocycles. The Morgan fingerprint density at radius 2 is 1.11 bits per heavy atom. The monoisotopic (exact) mass is 747 g/mol. The van der Waals surface area contributed by atoms with Gasteiger partial charge in [-0.05, 0) is 28.3 Å². The van der Waals surface area contributed by atoms with E-state index in [2.05, 4.69) is 117 Å². The topological polar surface area (TPSA) is 24.7 Å². The van der Waals surface area contributed by atoms with Crippen molar-refractivity contribution in [1.29, 1.82) is 0 Å². The molecule has 6 aromatic rings. The number of hydrogen-bond acceptors (Lipinski definition) is 1. The first-order valence-electron chi connectivity index (χ1n) is 15.1. The third-order valence-electron chi connectivity index (χ3n) is 8.53. The van der Waals surface area contributed by atoms with E-state index in [9.17, 15) is 0 Å². The van der Waals surface area contributed by atoms with Gasteiger partial charge in [0.1, 0.15) is 0 Å². The van der Waals surface area contributed by atoms with E-state index < -0.39 is 0 Å². The molecule has 45 heavy (non-hydrogen) atoms. The van der Waals surface area contributed by atoms with Crippen LogP contribution in [0.3, 0.4) is 0 Å². The molecule has 7 rings (SSSR count). The molecule has 2 nitrogen and oxygen atoms in total. The summed E-state index contributed by atoms with van der Waals surface area (Å²) in [5, 5.41) is 0. The van der Waals surface area contributed by atoms with E-state index in [1.54, 1.807) is 0 Å². The first-order chi connectivity index (χ1) is 22.0. The van der Waals surface area contributed by atoms with Gasteiger partial charge in [-0.25, -0.2) is 0 Å². The predicted molar refractivity (Wildman–Crippen MR) is 185 cm³/mol. The molecule has 3 heteroatoms. The van der Waals surface area contributed by atoms with Gasteiger partial charge in [-0.1, -0.05) is 50.2 Å². The van der Waals surface area contributed by atoms with Crippen LogP contribution in [0.5, 0.6) is 0 Å². The maximum Gasteiger partial charge on any atom is -0.0295 e. The Bertz CT molecular complexity index is 2090. The summed E-state index contributed by atoms with van der Waals surface area (Å²) < 4.78 is 0.990. The third-order valence-corrected chi connectivity index (χ3v) is 9.70. The molecular formula is C42H31N2W-. The standard InChI is InChI=1S/C42H31N2.W/c1-42(2)39-22-10-9-21-37(39)38-24-23-36(27-40(38)42)35-20-12-19-34(26-35)33-18-11-15-31(25-33)29-44-41(32-16-7-4-8-17-32)43-28-30-13-5-3-6-14-30;/h3-27H,1-2H3;/q-1;. The van der Waals surface area contributed by atoms with Crippen LogP contribution in [0.25, 0.3) is 33.4 Å². The van der Waals surface area contributed by atoms with Crippen LogP contribution < -0.4 is 0 Å². The van der Waals surface area contributed by atoms with E-state index in [1.807, 2.05) is 54.6 Å². The summed E-state index contributed by atoms with van der Waals surface area (Å²) >= 11 is 1.29. The molecule has 0 unspecified atom stereocenters. The van der Waals surface area contributed by atoms with Crippen LogP contribution in [-0.2, 0) is 24.8 Å². The van der Waals surface area contributed by atoms with E-state index in [-0.39, 0.29) is 5.41 Å². The van der Waals surface area contributed by atoms with Crippen molar-refractivity contribution < 1.29 is 19.4 Å². The molecular weight excluding hydrogens is 716 g/mol. The van der Waals surface area contributed by atoms with Crippen molar-refractivity contribution in [2.24, 2.45) is 9.98 Å². The summed E-state index contributed by atoms with van der Waals surface area (Å²) in [6.07, 6.45) is 3.29. The first kappa shape index (κ1) is 29.0. The molecule has 0 heterocycles. The minimum atomic E-state index is -0.0241. The zero-order chi connectivity index (χ0) is 30.8. The van der Waals surface area contributed by atoms with E-state index in [0.29, 0.717) is 5.84 Å². The number of fused-ring (bicyclic) bond motifs is 3. The molecule has 0 bridgehead atoms. The summed E-state index contributed by atoms with van der Waals surface area (Å²) in [4.78, 5) is 9.73. The fourth-order valence-corrected chi connectivity index (χ4v) is 6.93. The summed E-state index contributed by atoms with van der Waals surface area (Å²) in [6, 6.07) is 53.3. The molecule has 0 fully saturated rings. The normalized spacial score (nSPS) is 13.4. The molecule has 0 radical (unpaired) electrons. The van der Waals surface area contributed by atoms with E-state index >= 15 is 0 Å². The number of nitrogens with zero attached hydrogens (tertiary/aromatic N) is 2. The Hall–Kier alpha value is -4.78. The van der Waals surface area contributed by atoms with Crippen molar-refractivity contribution in [3.8, 4) is 33.4 Å². The van der Waals surface area contributed by atoms with Crippen LogP contribution in [0.15, 0.2) is 162 Å². The molecule has 6 aromatic carbocycles. The molecule has 0 spiro atoms. The molecule has 0 saturated heterocycles. The SMILES string of the molecule is CC1(C)c2ccccc2-c2ccc(-c3cccc(-c4cccc([C-]=NC(=N[C](=[W])c5ccccc5)c5ccccc5)c4)c3)cc21. The van der Waals surface area contributed by atoms with Gasteiger partial charge in [-0.2, -0.15) is 0 Å². The fraction of sp³-hybridized carbons (Fsp3) is 0.0714. The minimum Gasteiger partial charge on any atom is -0.0497 e. The second kappa shape index (κ2) is 12.3. The van der Waals surface area contributed by atoms with Crippen LogP contribution in [-0.4, -0.2) is 16.1 Å². The molecule has 0 atom stereocenters. The second-order valence-corrected chi connectivity index (χ2v) is 13.2. The van der Waals surface area contributed by atoms with Crippen molar-refractivity contribution in [3.05, 3.63) is 179 Å². The summed E-state index contributed by atoms with van der Waals surface area (Å²) in [5.41, 5.74) is 13.2. The Labute approximate surface area is 276 Å². The molecule has 0 aliphatic heterocycles. The number of aliphatic imine (C=N–C) groups is 2. The van der Waals surface area contributed by atoms with Crippen molar-refractivity contribution in [3.63, 3.8) is 0 Å². The smallest absolute Gasteiger partial charge is 0.0295 e. The van der Waals surface area contributed by atoms with Gasteiger partial charge in [-0.3, -0.25) is 0 Å². The van der Waals surface area contributed by atoms with E-state index in [0.717, 1.165) is 31.8 Å². The van der Waals surface area contributed by atoms with Crippen LogP contribution >= 0.6 is 0 Å². The number of amidine groups is 1. The molecule has 0 saturated carbocycles. The van der Waals surface area contributed by atoms with Crippen molar-refractivity contribution >= 4 is 16.1 Å². The third kappa shape index (κ3) is 5.87. The van der Waals surface area contributed by atoms with Crippen molar-refractivity contribution in [2.75, 3.05) is 0 Å². The number of benzene rings is 6. The molecule has 216 valence electrons. The number of rotatable bonds is 6. The van der Waals surface area contributed by atoms with Gasteiger partial charge in [0, 0.05) is 5.41 Å². The average molecular weight is 748 g/mol. The Balaban J connectivity index is 1.19. The maximum absolute atomic E-state index is 4.95. The van der Waals surface area contributed by atoms with Gasteiger partial charge in [0.25, 0.3) is 0 Å². The summed E-state index contributed by atoms with van der Waals surface area (Å²) in [5.74, 6) is 0.651. The first-order valence-corrected chi connectivity index (χ1v) is 16.6. The van der Waals surface area contributed by atoms with Crippen LogP contribution in [0.1, 0.15) is 41.7 Å². The molecule has 0 amide bonds. The zero-order valence-corrected chi connectivity index (χ0v) is 28.2. The van der Waals surface area contributed by atoms with Crippen molar-refractivity contribution in [1.82, 2.24) is 0 Å².